The Bertz CT molecular complexity index is 852. The van der Waals surface area contributed by atoms with Crippen molar-refractivity contribution in [1.29, 1.82) is 0 Å². The first-order valence-corrected chi connectivity index (χ1v) is 9.25. The number of aromatic nitrogens is 1. The van der Waals surface area contributed by atoms with Gasteiger partial charge in [-0.25, -0.2) is 4.79 Å². The summed E-state index contributed by atoms with van der Waals surface area (Å²) < 4.78 is 26.5. The lowest BCUT2D eigenvalue weighted by Crippen LogP contribution is -2.43. The SMILES string of the molecule is COc1cc(C(=O)OCc2c(C)noc2C)ccc1OCC(=O)N1CCOCC1. The van der Waals surface area contributed by atoms with Crippen molar-refractivity contribution in [3.05, 3.63) is 40.8 Å². The predicted molar refractivity (Wildman–Crippen MR) is 101 cm³/mol. The predicted octanol–water partition coefficient (Wildman–Crippen LogP) is 1.89. The van der Waals surface area contributed by atoms with Gasteiger partial charge >= 0.3 is 5.97 Å². The van der Waals surface area contributed by atoms with Crippen LogP contribution in [0.25, 0.3) is 0 Å². The van der Waals surface area contributed by atoms with Crippen molar-refractivity contribution in [2.45, 2.75) is 20.5 Å². The Hall–Kier alpha value is -3.07. The number of aryl methyl sites for hydroxylation is 2. The van der Waals surface area contributed by atoms with Gasteiger partial charge in [0.05, 0.1) is 37.1 Å². The number of hydrogen-bond acceptors (Lipinski definition) is 8. The van der Waals surface area contributed by atoms with Gasteiger partial charge in [-0.2, -0.15) is 0 Å². The zero-order valence-electron chi connectivity index (χ0n) is 16.7. The minimum Gasteiger partial charge on any atom is -0.493 e. The average Bonchev–Trinajstić information content (AvgIpc) is 3.08. The number of hydrogen-bond donors (Lipinski definition) is 0. The molecule has 0 aliphatic carbocycles. The van der Waals surface area contributed by atoms with Crippen LogP contribution in [0.15, 0.2) is 22.7 Å². The van der Waals surface area contributed by atoms with Crippen LogP contribution in [0, 0.1) is 13.8 Å². The number of amides is 1. The van der Waals surface area contributed by atoms with Crippen molar-refractivity contribution >= 4 is 11.9 Å². The molecule has 9 heteroatoms. The van der Waals surface area contributed by atoms with Crippen LogP contribution in [-0.4, -0.2) is 62.0 Å². The van der Waals surface area contributed by atoms with Gasteiger partial charge in [-0.15, -0.1) is 0 Å². The quantitative estimate of drug-likeness (QED) is 0.645. The van der Waals surface area contributed by atoms with Crippen molar-refractivity contribution in [3.8, 4) is 11.5 Å². The van der Waals surface area contributed by atoms with Crippen molar-refractivity contribution < 1.29 is 33.1 Å². The Morgan fingerprint density at radius 1 is 1.17 bits per heavy atom. The number of nitrogens with zero attached hydrogens (tertiary/aromatic N) is 2. The average molecular weight is 404 g/mol. The highest BCUT2D eigenvalue weighted by molar-refractivity contribution is 5.90. The number of esters is 1. The third-order valence-corrected chi connectivity index (χ3v) is 4.64. The van der Waals surface area contributed by atoms with Gasteiger partial charge in [-0.05, 0) is 32.0 Å². The zero-order valence-corrected chi connectivity index (χ0v) is 16.7. The van der Waals surface area contributed by atoms with E-state index in [0.717, 1.165) is 5.56 Å². The van der Waals surface area contributed by atoms with E-state index in [9.17, 15) is 9.59 Å². The summed E-state index contributed by atoms with van der Waals surface area (Å²) in [6, 6.07) is 4.66. The monoisotopic (exact) mass is 404 g/mol. The van der Waals surface area contributed by atoms with Crippen LogP contribution in [0.4, 0.5) is 0 Å². The van der Waals surface area contributed by atoms with Gasteiger partial charge in [0.1, 0.15) is 12.4 Å². The van der Waals surface area contributed by atoms with Crippen LogP contribution in [0.5, 0.6) is 11.5 Å². The molecule has 0 bridgehead atoms. The van der Waals surface area contributed by atoms with Crippen LogP contribution in [0.1, 0.15) is 27.4 Å². The first-order valence-electron chi connectivity index (χ1n) is 9.25. The molecule has 0 N–H and O–H groups in total. The van der Waals surface area contributed by atoms with Crippen LogP contribution >= 0.6 is 0 Å². The van der Waals surface area contributed by atoms with Gasteiger partial charge in [0.15, 0.2) is 18.1 Å². The smallest absolute Gasteiger partial charge is 0.338 e. The van der Waals surface area contributed by atoms with Crippen molar-refractivity contribution in [2.75, 3.05) is 40.0 Å². The summed E-state index contributed by atoms with van der Waals surface area (Å²) in [4.78, 5) is 26.3. The van der Waals surface area contributed by atoms with Gasteiger partial charge in [0.25, 0.3) is 5.91 Å². The second-order valence-electron chi connectivity index (χ2n) is 6.53. The standard InChI is InChI=1S/C20H24N2O7/c1-13-16(14(2)29-21-13)11-28-20(24)15-4-5-17(18(10-15)25-3)27-12-19(23)22-6-8-26-9-7-22/h4-5,10H,6-9,11-12H2,1-3H3. The number of carbonyl (C=O) groups excluding carboxylic acids is 2. The lowest BCUT2D eigenvalue weighted by Gasteiger charge is -2.26. The summed E-state index contributed by atoms with van der Waals surface area (Å²) in [5.41, 5.74) is 1.73. The minimum absolute atomic E-state index is 0.0641. The van der Waals surface area contributed by atoms with Crippen molar-refractivity contribution in [3.63, 3.8) is 0 Å². The molecule has 1 aromatic carbocycles. The second kappa shape index (κ2) is 9.42. The molecule has 2 aromatic rings. The molecule has 9 nitrogen and oxygen atoms in total. The molecule has 1 aromatic heterocycles. The molecule has 156 valence electrons. The van der Waals surface area contributed by atoms with Crippen molar-refractivity contribution in [2.24, 2.45) is 0 Å². The van der Waals surface area contributed by atoms with Crippen LogP contribution in [0.3, 0.4) is 0 Å². The fraction of sp³-hybridized carbons (Fsp3) is 0.450. The molecule has 1 saturated heterocycles. The molecule has 1 fully saturated rings. The van der Waals surface area contributed by atoms with Gasteiger partial charge in [-0.1, -0.05) is 5.16 Å². The van der Waals surface area contributed by atoms with Crippen LogP contribution in [-0.2, 0) is 20.9 Å². The van der Waals surface area contributed by atoms with E-state index in [2.05, 4.69) is 5.16 Å². The van der Waals surface area contributed by atoms with Crippen LogP contribution in [0.2, 0.25) is 0 Å². The molecule has 29 heavy (non-hydrogen) atoms. The minimum atomic E-state index is -0.515. The Kier molecular flexibility index (Phi) is 6.71. The molecular weight excluding hydrogens is 380 g/mol. The van der Waals surface area contributed by atoms with E-state index in [4.69, 9.17) is 23.5 Å². The summed E-state index contributed by atoms with van der Waals surface area (Å²) in [6.45, 7) is 5.65. The molecule has 2 heterocycles. The number of benzene rings is 1. The first kappa shape index (κ1) is 20.7. The molecule has 3 rings (SSSR count). The Morgan fingerprint density at radius 2 is 1.93 bits per heavy atom. The van der Waals surface area contributed by atoms with Gasteiger partial charge < -0.3 is 28.4 Å². The highest BCUT2D eigenvalue weighted by atomic mass is 16.5. The number of ether oxygens (including phenoxy) is 4. The fourth-order valence-corrected chi connectivity index (χ4v) is 2.89. The summed E-state index contributed by atoms with van der Waals surface area (Å²) in [5, 5.41) is 3.83. The number of carbonyl (C=O) groups is 2. The number of rotatable bonds is 7. The van der Waals surface area contributed by atoms with E-state index in [1.54, 1.807) is 30.9 Å². The third kappa shape index (κ3) is 5.05. The molecule has 0 unspecified atom stereocenters. The first-order chi connectivity index (χ1) is 14.0. The zero-order chi connectivity index (χ0) is 20.8. The highest BCUT2D eigenvalue weighted by Crippen LogP contribution is 2.28. The maximum Gasteiger partial charge on any atom is 0.338 e. The van der Waals surface area contributed by atoms with Crippen molar-refractivity contribution in [1.82, 2.24) is 10.1 Å². The normalized spacial score (nSPS) is 13.8. The van der Waals surface area contributed by atoms with Gasteiger partial charge in [0.2, 0.25) is 0 Å². The summed E-state index contributed by atoms with van der Waals surface area (Å²) in [5.74, 6) is 0.682. The molecule has 1 aliphatic heterocycles. The Morgan fingerprint density at radius 3 is 2.59 bits per heavy atom. The van der Waals surface area contributed by atoms with E-state index in [1.807, 2.05) is 0 Å². The summed E-state index contributed by atoms with van der Waals surface area (Å²) >= 11 is 0. The fourth-order valence-electron chi connectivity index (χ4n) is 2.89. The summed E-state index contributed by atoms with van der Waals surface area (Å²) in [6.07, 6.45) is 0. The molecule has 0 atom stereocenters. The summed E-state index contributed by atoms with van der Waals surface area (Å²) in [7, 11) is 1.46. The Balaban J connectivity index is 1.60. The second-order valence-corrected chi connectivity index (χ2v) is 6.53. The lowest BCUT2D eigenvalue weighted by molar-refractivity contribution is -0.137. The van der Waals surface area contributed by atoms with Gasteiger partial charge in [0, 0.05) is 13.1 Å². The van der Waals surface area contributed by atoms with Gasteiger partial charge in [-0.3, -0.25) is 4.79 Å². The number of methoxy groups -OCH3 is 1. The van der Waals surface area contributed by atoms with E-state index < -0.39 is 5.97 Å². The third-order valence-electron chi connectivity index (χ3n) is 4.64. The Labute approximate surface area is 168 Å². The maximum absolute atomic E-state index is 12.4. The maximum atomic E-state index is 12.4. The number of morpholine rings is 1. The van der Waals surface area contributed by atoms with E-state index in [0.29, 0.717) is 54.8 Å². The van der Waals surface area contributed by atoms with E-state index in [1.165, 1.54) is 13.2 Å². The van der Waals surface area contributed by atoms with E-state index in [-0.39, 0.29) is 19.1 Å². The lowest BCUT2D eigenvalue weighted by atomic mass is 10.2. The largest absolute Gasteiger partial charge is 0.493 e. The topological polar surface area (TPSA) is 100 Å². The molecule has 0 saturated carbocycles. The van der Waals surface area contributed by atoms with Crippen LogP contribution < -0.4 is 9.47 Å². The van der Waals surface area contributed by atoms with E-state index >= 15 is 0 Å². The molecule has 1 aliphatic rings. The molecular formula is C20H24N2O7. The highest BCUT2D eigenvalue weighted by Gasteiger charge is 2.19. The molecule has 0 radical (unpaired) electrons. The molecule has 1 amide bonds. The molecule has 0 spiro atoms.